The third-order valence-corrected chi connectivity index (χ3v) is 4.87. The molecule has 0 spiro atoms. The first-order chi connectivity index (χ1) is 16.3. The van der Waals surface area contributed by atoms with E-state index in [-0.39, 0.29) is 44.4 Å². The van der Waals surface area contributed by atoms with Crippen molar-refractivity contribution in [2.45, 2.75) is 19.9 Å². The lowest BCUT2D eigenvalue weighted by molar-refractivity contribution is -0.117. The van der Waals surface area contributed by atoms with Crippen LogP contribution in [-0.2, 0) is 4.79 Å². The van der Waals surface area contributed by atoms with Crippen molar-refractivity contribution in [3.63, 3.8) is 0 Å². The maximum absolute atomic E-state index is 12.6. The fraction of sp³-hybridized carbons (Fsp3) is 0.435. The summed E-state index contributed by atoms with van der Waals surface area (Å²) >= 11 is 0. The van der Waals surface area contributed by atoms with Gasteiger partial charge in [0.2, 0.25) is 5.91 Å². The van der Waals surface area contributed by atoms with Gasteiger partial charge in [0, 0.05) is 41.1 Å². The van der Waals surface area contributed by atoms with Crippen molar-refractivity contribution >= 4 is 11.6 Å². The third-order valence-electron chi connectivity index (χ3n) is 4.87. The number of carbonyl (C=O) groups excluding carboxylic acids is 1. The first-order valence-electron chi connectivity index (χ1n) is 12.3. The molecule has 3 N–H and O–H groups in total. The van der Waals surface area contributed by atoms with Crippen LogP contribution < -0.4 is 10.1 Å². The molecule has 1 heterocycles. The van der Waals surface area contributed by atoms with Crippen molar-refractivity contribution in [1.29, 1.82) is 0 Å². The van der Waals surface area contributed by atoms with Crippen LogP contribution in [0.15, 0.2) is 42.5 Å². The Morgan fingerprint density at radius 2 is 1.77 bits per heavy atom. The molecule has 3 rings (SSSR count). The predicted octanol–water partition coefficient (Wildman–Crippen LogP) is 2.01. The Morgan fingerprint density at radius 3 is 2.43 bits per heavy atom. The number of aryl methyl sites for hydroxylation is 2. The van der Waals surface area contributed by atoms with Gasteiger partial charge in [-0.05, 0) is 37.1 Å². The van der Waals surface area contributed by atoms with Crippen molar-refractivity contribution in [2.75, 3.05) is 51.1 Å². The molecule has 1 amide bonds. The van der Waals surface area contributed by atoms with E-state index in [2.05, 4.69) is 5.32 Å². The smallest absolute Gasteiger partial charge is 0.238 e. The Morgan fingerprint density at radius 1 is 1.13 bits per heavy atom. The summed E-state index contributed by atoms with van der Waals surface area (Å²) in [7, 11) is 0. The SMILES string of the molecule is [2H]C([2H])(Oc1ccccc1O)C([2H])(O)C([2H])([2H])N1CCN(CC(=O)Nc2c(C)cccc2C)CC1. The molecule has 7 nitrogen and oxygen atoms in total. The quantitative estimate of drug-likeness (QED) is 0.608. The van der Waals surface area contributed by atoms with Crippen LogP contribution in [0.3, 0.4) is 0 Å². The van der Waals surface area contributed by atoms with E-state index in [1.165, 1.54) is 24.3 Å². The van der Waals surface area contributed by atoms with E-state index < -0.39 is 24.9 Å². The van der Waals surface area contributed by atoms with Crippen LogP contribution in [0.4, 0.5) is 5.69 Å². The van der Waals surface area contributed by atoms with Gasteiger partial charge in [0.05, 0.1) is 10.7 Å². The number of hydrogen-bond donors (Lipinski definition) is 3. The summed E-state index contributed by atoms with van der Waals surface area (Å²) in [6.07, 6.45) is -3.34. The van der Waals surface area contributed by atoms with E-state index in [4.69, 9.17) is 11.6 Å². The molecule has 1 aliphatic heterocycles. The number of hydrogen-bond acceptors (Lipinski definition) is 6. The topological polar surface area (TPSA) is 85.3 Å². The summed E-state index contributed by atoms with van der Waals surface area (Å²) in [5.74, 6) is -0.928. The second-order valence-electron chi connectivity index (χ2n) is 7.21. The molecular formula is C23H31N3O4. The molecule has 1 atom stereocenters. The number of nitrogens with one attached hydrogen (secondary N) is 1. The standard InChI is InChI=1S/C23H31N3O4/c1-17-6-5-7-18(2)23(17)24-22(29)15-26-12-10-25(11-13-26)14-19(27)16-30-21-9-4-3-8-20(21)28/h3-9,19,27-28H,10-16H2,1-2H3,(H,24,29)/i14D2,16D2,19D. The minimum absolute atomic E-state index is 0.0531. The van der Waals surface area contributed by atoms with Crippen LogP contribution in [-0.4, -0.2) is 77.8 Å². The van der Waals surface area contributed by atoms with E-state index >= 15 is 0 Å². The number of nitrogens with zero attached hydrogens (tertiary/aromatic N) is 2. The molecule has 162 valence electrons. The summed E-state index contributed by atoms with van der Waals surface area (Å²) in [5.41, 5.74) is 2.66. The highest BCUT2D eigenvalue weighted by Gasteiger charge is 2.21. The number of para-hydroxylation sites is 3. The van der Waals surface area contributed by atoms with E-state index in [1.54, 1.807) is 0 Å². The van der Waals surface area contributed by atoms with Crippen molar-refractivity contribution in [3.8, 4) is 11.5 Å². The summed E-state index contributed by atoms with van der Waals surface area (Å²) < 4.78 is 46.1. The predicted molar refractivity (Wildman–Crippen MR) is 117 cm³/mol. The van der Waals surface area contributed by atoms with E-state index in [0.717, 1.165) is 21.7 Å². The van der Waals surface area contributed by atoms with Gasteiger partial charge in [0.15, 0.2) is 11.5 Å². The highest BCUT2D eigenvalue weighted by atomic mass is 16.5. The minimum atomic E-state index is -3.34. The average molecular weight is 419 g/mol. The second kappa shape index (κ2) is 10.4. The molecule has 0 saturated carbocycles. The van der Waals surface area contributed by atoms with Crippen LogP contribution in [0.2, 0.25) is 0 Å². The fourth-order valence-corrected chi connectivity index (χ4v) is 3.23. The van der Waals surface area contributed by atoms with Crippen LogP contribution in [0, 0.1) is 13.8 Å². The molecular weight excluding hydrogens is 382 g/mol. The van der Waals surface area contributed by atoms with Crippen molar-refractivity contribution < 1.29 is 26.6 Å². The molecule has 7 heteroatoms. The lowest BCUT2D eigenvalue weighted by Gasteiger charge is -2.35. The molecule has 0 aromatic heterocycles. The zero-order valence-electron chi connectivity index (χ0n) is 22.2. The summed E-state index contributed by atoms with van der Waals surface area (Å²) in [4.78, 5) is 15.5. The molecule has 0 aliphatic carbocycles. The lowest BCUT2D eigenvalue weighted by atomic mass is 10.1. The first kappa shape index (κ1) is 16.1. The van der Waals surface area contributed by atoms with E-state index in [0.29, 0.717) is 0 Å². The van der Waals surface area contributed by atoms with E-state index in [9.17, 15) is 15.0 Å². The largest absolute Gasteiger partial charge is 0.504 e. The molecule has 1 aliphatic rings. The minimum Gasteiger partial charge on any atom is -0.504 e. The number of aliphatic hydroxyl groups is 1. The normalized spacial score (nSPS) is 20.7. The van der Waals surface area contributed by atoms with Crippen LogP contribution in [0.5, 0.6) is 11.5 Å². The van der Waals surface area contributed by atoms with Gasteiger partial charge in [0.25, 0.3) is 0 Å². The highest BCUT2D eigenvalue weighted by molar-refractivity contribution is 5.93. The van der Waals surface area contributed by atoms with Gasteiger partial charge in [-0.1, -0.05) is 30.3 Å². The monoisotopic (exact) mass is 418 g/mol. The van der Waals surface area contributed by atoms with Crippen LogP contribution in [0.25, 0.3) is 0 Å². The van der Waals surface area contributed by atoms with Crippen LogP contribution >= 0.6 is 0 Å². The van der Waals surface area contributed by atoms with Gasteiger partial charge in [-0.15, -0.1) is 0 Å². The first-order valence-corrected chi connectivity index (χ1v) is 9.79. The Labute approximate surface area is 184 Å². The van der Waals surface area contributed by atoms with Gasteiger partial charge in [-0.3, -0.25) is 14.6 Å². The maximum Gasteiger partial charge on any atom is 0.238 e. The third kappa shape index (κ3) is 6.19. The second-order valence-corrected chi connectivity index (χ2v) is 7.21. The fourth-order valence-electron chi connectivity index (χ4n) is 3.23. The Hall–Kier alpha value is -2.61. The number of rotatable bonds is 8. The van der Waals surface area contributed by atoms with Gasteiger partial charge >= 0.3 is 0 Å². The molecule has 2 aromatic rings. The molecule has 1 fully saturated rings. The zero-order valence-corrected chi connectivity index (χ0v) is 17.2. The molecule has 0 radical (unpaired) electrons. The van der Waals surface area contributed by atoms with Crippen LogP contribution in [0.1, 0.15) is 18.0 Å². The molecule has 2 aromatic carbocycles. The number of benzene rings is 2. The number of piperazine rings is 1. The van der Waals surface area contributed by atoms with Crippen molar-refractivity contribution in [2.24, 2.45) is 0 Å². The summed E-state index contributed by atoms with van der Waals surface area (Å²) in [6.45, 7) is -1.47. The lowest BCUT2D eigenvalue weighted by Crippen LogP contribution is -2.50. The summed E-state index contributed by atoms with van der Waals surface area (Å²) in [6, 6.07) is 11.2. The number of β-amino-alcohol motifs (C(OH)–C–C–N with tert-alkyl or cyclic N) is 1. The highest BCUT2D eigenvalue weighted by Crippen LogP contribution is 2.24. The average Bonchev–Trinajstić information content (AvgIpc) is 2.78. The number of carbonyl (C=O) groups is 1. The zero-order chi connectivity index (χ0) is 26.0. The number of phenolic OH excluding ortho intramolecular Hbond substituents is 1. The Balaban J connectivity index is 1.62. The number of anilines is 1. The Bertz CT molecular complexity index is 1040. The van der Waals surface area contributed by atoms with Gasteiger partial charge in [0.1, 0.15) is 12.6 Å². The van der Waals surface area contributed by atoms with E-state index in [1.807, 2.05) is 36.9 Å². The number of ether oxygens (including phenoxy) is 1. The molecule has 0 bridgehead atoms. The van der Waals surface area contributed by atoms with Gasteiger partial charge < -0.3 is 20.3 Å². The van der Waals surface area contributed by atoms with Crippen molar-refractivity contribution in [1.82, 2.24) is 9.80 Å². The maximum atomic E-state index is 12.6. The van der Waals surface area contributed by atoms with Crippen molar-refractivity contribution in [3.05, 3.63) is 53.6 Å². The number of amides is 1. The van der Waals surface area contributed by atoms with Gasteiger partial charge in [-0.2, -0.15) is 0 Å². The molecule has 30 heavy (non-hydrogen) atoms. The number of aromatic hydroxyl groups is 1. The summed E-state index contributed by atoms with van der Waals surface area (Å²) in [5, 5.41) is 23.4. The molecule has 1 saturated heterocycles. The number of phenols is 1. The molecule has 1 unspecified atom stereocenters. The Kier molecular flexibility index (Phi) is 5.61. The van der Waals surface area contributed by atoms with Gasteiger partial charge in [-0.25, -0.2) is 0 Å².